The minimum atomic E-state index is -0.0273. The first kappa shape index (κ1) is 14.1. The van der Waals surface area contributed by atoms with Crippen LogP contribution >= 0.6 is 11.3 Å². The van der Waals surface area contributed by atoms with Gasteiger partial charge in [-0.05, 0) is 31.9 Å². The maximum Gasteiger partial charge on any atom is 0.274 e. The molecule has 0 bridgehead atoms. The zero-order valence-electron chi connectivity index (χ0n) is 12.2. The Hall–Kier alpha value is -1.82. The Morgan fingerprint density at radius 3 is 2.71 bits per heavy atom. The molecule has 0 saturated carbocycles. The first-order valence-corrected chi connectivity index (χ1v) is 7.90. The molecule has 2 aromatic rings. The van der Waals surface area contributed by atoms with Crippen LogP contribution in [0.1, 0.15) is 40.1 Å². The zero-order valence-corrected chi connectivity index (χ0v) is 13.1. The molecule has 110 valence electrons. The summed E-state index contributed by atoms with van der Waals surface area (Å²) in [5, 5.41) is 8.86. The maximum absolute atomic E-state index is 12.4. The summed E-state index contributed by atoms with van der Waals surface area (Å²) in [4.78, 5) is 20.0. The summed E-state index contributed by atoms with van der Waals surface area (Å²) in [6, 6.07) is 3.46. The van der Waals surface area contributed by atoms with E-state index in [9.17, 15) is 4.79 Å². The van der Waals surface area contributed by atoms with E-state index in [0.29, 0.717) is 5.69 Å². The van der Waals surface area contributed by atoms with Crippen molar-refractivity contribution < 1.29 is 4.79 Å². The summed E-state index contributed by atoms with van der Waals surface area (Å²) in [6.45, 7) is 5.81. The fourth-order valence-corrected chi connectivity index (χ4v) is 3.59. The molecule has 0 spiro atoms. The quantitative estimate of drug-likeness (QED) is 0.855. The lowest BCUT2D eigenvalue weighted by Crippen LogP contribution is -2.44. The Morgan fingerprint density at radius 1 is 1.38 bits per heavy atom. The van der Waals surface area contributed by atoms with Crippen LogP contribution in [0.4, 0.5) is 0 Å². The molecule has 0 unspecified atom stereocenters. The fourth-order valence-electron chi connectivity index (χ4n) is 2.63. The summed E-state index contributed by atoms with van der Waals surface area (Å²) in [7, 11) is 0. The van der Waals surface area contributed by atoms with Gasteiger partial charge in [-0.25, -0.2) is 4.98 Å². The highest BCUT2D eigenvalue weighted by atomic mass is 32.1. The molecule has 3 heterocycles. The van der Waals surface area contributed by atoms with Gasteiger partial charge in [-0.3, -0.25) is 4.79 Å². The van der Waals surface area contributed by atoms with Crippen LogP contribution in [0, 0.1) is 6.92 Å². The molecule has 21 heavy (non-hydrogen) atoms. The Kier molecular flexibility index (Phi) is 3.71. The lowest BCUT2D eigenvalue weighted by molar-refractivity contribution is 0.0668. The lowest BCUT2D eigenvalue weighted by Gasteiger charge is -2.37. The van der Waals surface area contributed by atoms with Gasteiger partial charge in [0.1, 0.15) is 0 Å². The van der Waals surface area contributed by atoms with Crippen molar-refractivity contribution in [3.05, 3.63) is 40.1 Å². The van der Waals surface area contributed by atoms with Crippen molar-refractivity contribution in [2.24, 2.45) is 0 Å². The van der Waals surface area contributed by atoms with Crippen molar-refractivity contribution in [2.75, 3.05) is 13.1 Å². The van der Waals surface area contributed by atoms with Gasteiger partial charge in [0.05, 0.1) is 5.01 Å². The smallest absolute Gasteiger partial charge is 0.274 e. The number of aromatic nitrogens is 3. The van der Waals surface area contributed by atoms with Gasteiger partial charge in [0.25, 0.3) is 5.91 Å². The molecule has 1 saturated heterocycles. The van der Waals surface area contributed by atoms with Crippen molar-refractivity contribution >= 4 is 17.2 Å². The van der Waals surface area contributed by atoms with Crippen molar-refractivity contribution in [3.8, 4) is 0 Å². The molecule has 5 nitrogen and oxygen atoms in total. The third kappa shape index (κ3) is 2.81. The molecule has 1 aliphatic heterocycles. The number of nitrogens with zero attached hydrogens (tertiary/aromatic N) is 4. The Bertz CT molecular complexity index is 632. The number of carbonyl (C=O) groups is 1. The van der Waals surface area contributed by atoms with Crippen molar-refractivity contribution in [1.82, 2.24) is 20.1 Å². The number of hydrogen-bond acceptors (Lipinski definition) is 5. The molecule has 0 radical (unpaired) electrons. The van der Waals surface area contributed by atoms with Crippen LogP contribution in [0.3, 0.4) is 0 Å². The van der Waals surface area contributed by atoms with Gasteiger partial charge in [-0.1, -0.05) is 6.92 Å². The van der Waals surface area contributed by atoms with Gasteiger partial charge < -0.3 is 4.90 Å². The van der Waals surface area contributed by atoms with Crippen LogP contribution in [0.2, 0.25) is 0 Å². The number of carbonyl (C=O) groups excluding carboxylic acids is 1. The maximum atomic E-state index is 12.4. The third-order valence-electron chi connectivity index (χ3n) is 4.08. The van der Waals surface area contributed by atoms with E-state index in [0.717, 1.165) is 25.9 Å². The van der Waals surface area contributed by atoms with E-state index in [1.54, 1.807) is 29.7 Å². The topological polar surface area (TPSA) is 59.0 Å². The van der Waals surface area contributed by atoms with Gasteiger partial charge in [0.2, 0.25) is 0 Å². The predicted molar refractivity (Wildman–Crippen MR) is 81.4 cm³/mol. The molecule has 3 rings (SSSR count). The highest BCUT2D eigenvalue weighted by Crippen LogP contribution is 2.37. The number of hydrogen-bond donors (Lipinski definition) is 0. The number of piperidine rings is 1. The number of amides is 1. The lowest BCUT2D eigenvalue weighted by atomic mass is 9.81. The second kappa shape index (κ2) is 5.52. The SMILES string of the molecule is Cc1cnc(C2(C)CCN(C(=O)c3cccnn3)CC2)s1. The largest absolute Gasteiger partial charge is 0.337 e. The minimum absolute atomic E-state index is 0.0273. The Morgan fingerprint density at radius 2 is 2.14 bits per heavy atom. The average molecular weight is 302 g/mol. The van der Waals surface area contributed by atoms with E-state index in [1.807, 2.05) is 11.1 Å². The average Bonchev–Trinajstić information content (AvgIpc) is 2.96. The van der Waals surface area contributed by atoms with Crippen molar-refractivity contribution in [3.63, 3.8) is 0 Å². The van der Waals surface area contributed by atoms with E-state index >= 15 is 0 Å². The third-order valence-corrected chi connectivity index (χ3v) is 5.30. The van der Waals surface area contributed by atoms with Crippen LogP contribution in [-0.2, 0) is 5.41 Å². The second-order valence-corrected chi connectivity index (χ2v) is 6.97. The minimum Gasteiger partial charge on any atom is -0.337 e. The molecular weight excluding hydrogens is 284 g/mol. The molecule has 0 aliphatic carbocycles. The standard InChI is InChI=1S/C15H18N4OS/c1-11-10-16-14(21-11)15(2)5-8-19(9-6-15)13(20)12-4-3-7-17-18-12/h3-4,7,10H,5-6,8-9H2,1-2H3. The molecule has 6 heteroatoms. The van der Waals surface area contributed by atoms with E-state index in [-0.39, 0.29) is 11.3 Å². The number of aryl methyl sites for hydroxylation is 1. The predicted octanol–water partition coefficient (Wildman–Crippen LogP) is 2.44. The normalized spacial score (nSPS) is 17.7. The highest BCUT2D eigenvalue weighted by molar-refractivity contribution is 7.11. The summed E-state index contributed by atoms with van der Waals surface area (Å²) < 4.78 is 0. The molecule has 1 amide bonds. The van der Waals surface area contributed by atoms with Crippen LogP contribution in [0.25, 0.3) is 0 Å². The highest BCUT2D eigenvalue weighted by Gasteiger charge is 2.35. The summed E-state index contributed by atoms with van der Waals surface area (Å²) in [5.74, 6) is -0.0273. The first-order valence-electron chi connectivity index (χ1n) is 7.08. The second-order valence-electron chi connectivity index (χ2n) is 5.74. The van der Waals surface area contributed by atoms with E-state index in [4.69, 9.17) is 0 Å². The van der Waals surface area contributed by atoms with Gasteiger partial charge in [0.15, 0.2) is 5.69 Å². The van der Waals surface area contributed by atoms with Crippen LogP contribution in [-0.4, -0.2) is 39.1 Å². The fraction of sp³-hybridized carbons (Fsp3) is 0.467. The van der Waals surface area contributed by atoms with Gasteiger partial charge in [-0.2, -0.15) is 5.10 Å². The van der Waals surface area contributed by atoms with Gasteiger partial charge in [0, 0.05) is 35.8 Å². The molecule has 0 aromatic carbocycles. The van der Waals surface area contributed by atoms with Crippen LogP contribution in [0.5, 0.6) is 0 Å². The Labute approximate surface area is 128 Å². The summed E-state index contributed by atoms with van der Waals surface area (Å²) >= 11 is 1.76. The molecule has 2 aromatic heterocycles. The summed E-state index contributed by atoms with van der Waals surface area (Å²) in [5.41, 5.74) is 0.504. The molecule has 1 aliphatic rings. The number of likely N-dealkylation sites (tertiary alicyclic amines) is 1. The summed E-state index contributed by atoms with van der Waals surface area (Å²) in [6.07, 6.45) is 5.38. The van der Waals surface area contributed by atoms with E-state index < -0.39 is 0 Å². The molecule has 0 atom stereocenters. The van der Waals surface area contributed by atoms with E-state index in [2.05, 4.69) is 29.0 Å². The first-order chi connectivity index (χ1) is 10.1. The molecule has 0 N–H and O–H groups in total. The van der Waals surface area contributed by atoms with Gasteiger partial charge in [-0.15, -0.1) is 16.4 Å². The molecular formula is C15H18N4OS. The zero-order chi connectivity index (χ0) is 14.9. The Balaban J connectivity index is 1.69. The van der Waals surface area contributed by atoms with Crippen molar-refractivity contribution in [1.29, 1.82) is 0 Å². The number of thiazole rings is 1. The van der Waals surface area contributed by atoms with E-state index in [1.165, 1.54) is 9.88 Å². The monoisotopic (exact) mass is 302 g/mol. The van der Waals surface area contributed by atoms with Gasteiger partial charge >= 0.3 is 0 Å². The van der Waals surface area contributed by atoms with Crippen molar-refractivity contribution in [2.45, 2.75) is 32.1 Å². The number of rotatable bonds is 2. The molecule has 1 fully saturated rings. The van der Waals surface area contributed by atoms with Crippen LogP contribution < -0.4 is 0 Å². The van der Waals surface area contributed by atoms with Crippen LogP contribution in [0.15, 0.2) is 24.5 Å².